The Morgan fingerprint density at radius 3 is 2.72 bits per heavy atom. The van der Waals surface area contributed by atoms with E-state index in [1.807, 2.05) is 0 Å². The second-order valence-electron chi connectivity index (χ2n) is 5.69. The monoisotopic (exact) mass is 309 g/mol. The highest BCUT2D eigenvalue weighted by atomic mass is 79.9. The molecule has 3 unspecified atom stereocenters. The van der Waals surface area contributed by atoms with Gasteiger partial charge in [0, 0.05) is 16.4 Å². The van der Waals surface area contributed by atoms with Crippen LogP contribution in [0.15, 0.2) is 28.7 Å². The summed E-state index contributed by atoms with van der Waals surface area (Å²) in [4.78, 5) is 0. The van der Waals surface area contributed by atoms with Crippen LogP contribution in [-0.4, -0.2) is 17.3 Å². The average molecular weight is 310 g/mol. The Morgan fingerprint density at radius 2 is 1.94 bits per heavy atom. The van der Waals surface area contributed by atoms with Gasteiger partial charge in [-0.25, -0.2) is 0 Å². The van der Waals surface area contributed by atoms with Crippen molar-refractivity contribution in [3.63, 3.8) is 0 Å². The Kier molecular flexibility index (Phi) is 3.48. The Morgan fingerprint density at radius 1 is 1.17 bits per heavy atom. The summed E-state index contributed by atoms with van der Waals surface area (Å²) in [5.41, 5.74) is 0.879. The summed E-state index contributed by atoms with van der Waals surface area (Å²) < 4.78 is 1.11. The molecule has 3 atom stereocenters. The van der Waals surface area contributed by atoms with Crippen LogP contribution in [0.4, 0.5) is 0 Å². The topological polar surface area (TPSA) is 32.3 Å². The zero-order valence-electron chi connectivity index (χ0n) is 10.5. The molecule has 0 aromatic heterocycles. The molecule has 2 aliphatic rings. The second-order valence-corrected chi connectivity index (χ2v) is 6.60. The van der Waals surface area contributed by atoms with Crippen molar-refractivity contribution in [2.75, 3.05) is 6.54 Å². The van der Waals surface area contributed by atoms with Gasteiger partial charge < -0.3 is 10.4 Å². The summed E-state index contributed by atoms with van der Waals surface area (Å²) in [6.07, 6.45) is 5.46. The number of nitrogens with one attached hydrogen (secondary N) is 1. The fraction of sp³-hybridized carbons (Fsp3) is 0.600. The molecule has 2 nitrogen and oxygen atoms in total. The van der Waals surface area contributed by atoms with Crippen molar-refractivity contribution in [3.05, 3.63) is 34.3 Å². The first-order valence-corrected chi connectivity index (χ1v) is 7.70. The van der Waals surface area contributed by atoms with Crippen molar-refractivity contribution in [2.45, 2.75) is 43.7 Å². The lowest BCUT2D eigenvalue weighted by molar-refractivity contribution is -0.0861. The predicted molar refractivity (Wildman–Crippen MR) is 76.4 cm³/mol. The molecule has 18 heavy (non-hydrogen) atoms. The van der Waals surface area contributed by atoms with E-state index in [2.05, 4.69) is 45.5 Å². The number of rotatable bonds is 1. The first kappa shape index (κ1) is 12.6. The minimum Gasteiger partial charge on any atom is -0.389 e. The van der Waals surface area contributed by atoms with Crippen molar-refractivity contribution >= 4 is 15.9 Å². The standard InChI is InChI=1S/C15H20BrNO/c16-12-6-4-11(5-7-12)14-13-3-1-2-8-15(13,18)9-10-17-14/h4-7,13-14,17-18H,1-3,8-10H2. The van der Waals surface area contributed by atoms with Gasteiger partial charge in [0.25, 0.3) is 0 Å². The Balaban J connectivity index is 1.88. The van der Waals surface area contributed by atoms with E-state index in [4.69, 9.17) is 0 Å². The predicted octanol–water partition coefficient (Wildman–Crippen LogP) is 3.40. The minimum atomic E-state index is -0.429. The summed E-state index contributed by atoms with van der Waals surface area (Å²) in [5, 5.41) is 14.4. The van der Waals surface area contributed by atoms with Crippen molar-refractivity contribution in [3.8, 4) is 0 Å². The molecule has 1 saturated heterocycles. The average Bonchev–Trinajstić information content (AvgIpc) is 2.38. The fourth-order valence-electron chi connectivity index (χ4n) is 3.64. The third-order valence-electron chi connectivity index (χ3n) is 4.62. The molecule has 2 fully saturated rings. The highest BCUT2D eigenvalue weighted by Gasteiger charge is 2.45. The molecule has 1 saturated carbocycles. The van der Waals surface area contributed by atoms with Crippen LogP contribution in [0.2, 0.25) is 0 Å². The SMILES string of the molecule is OC12CCCCC1C(c1ccc(Br)cc1)NCC2. The van der Waals surface area contributed by atoms with Gasteiger partial charge in [0.15, 0.2) is 0 Å². The zero-order chi connectivity index (χ0) is 12.6. The quantitative estimate of drug-likeness (QED) is 0.833. The van der Waals surface area contributed by atoms with Crippen LogP contribution >= 0.6 is 15.9 Å². The van der Waals surface area contributed by atoms with E-state index in [1.165, 1.54) is 18.4 Å². The lowest BCUT2D eigenvalue weighted by Gasteiger charge is -2.48. The van der Waals surface area contributed by atoms with E-state index >= 15 is 0 Å². The smallest absolute Gasteiger partial charge is 0.0706 e. The summed E-state index contributed by atoms with van der Waals surface area (Å²) in [7, 11) is 0. The van der Waals surface area contributed by atoms with Gasteiger partial charge in [-0.05, 0) is 43.5 Å². The molecule has 1 aromatic rings. The second kappa shape index (κ2) is 4.95. The number of hydrogen-bond donors (Lipinski definition) is 2. The number of benzene rings is 1. The maximum Gasteiger partial charge on any atom is 0.0706 e. The fourth-order valence-corrected chi connectivity index (χ4v) is 3.91. The van der Waals surface area contributed by atoms with Gasteiger partial charge >= 0.3 is 0 Å². The lowest BCUT2D eigenvalue weighted by atomic mass is 9.67. The van der Waals surface area contributed by atoms with Crippen LogP contribution in [-0.2, 0) is 0 Å². The van der Waals surface area contributed by atoms with Gasteiger partial charge in [-0.3, -0.25) is 0 Å². The van der Waals surface area contributed by atoms with Crippen molar-refractivity contribution in [2.24, 2.45) is 5.92 Å². The van der Waals surface area contributed by atoms with E-state index in [1.54, 1.807) is 0 Å². The van der Waals surface area contributed by atoms with Gasteiger partial charge in [-0.2, -0.15) is 0 Å². The lowest BCUT2D eigenvalue weighted by Crippen LogP contribution is -2.53. The maximum atomic E-state index is 10.8. The number of aliphatic hydroxyl groups is 1. The van der Waals surface area contributed by atoms with E-state index in [-0.39, 0.29) is 0 Å². The van der Waals surface area contributed by atoms with E-state index < -0.39 is 5.60 Å². The molecule has 3 heteroatoms. The largest absolute Gasteiger partial charge is 0.389 e. The Bertz CT molecular complexity index is 415. The van der Waals surface area contributed by atoms with Crippen molar-refractivity contribution < 1.29 is 5.11 Å². The summed E-state index contributed by atoms with van der Waals surface area (Å²) in [5.74, 6) is 0.376. The van der Waals surface area contributed by atoms with Crippen LogP contribution < -0.4 is 5.32 Å². The van der Waals surface area contributed by atoms with Gasteiger partial charge in [-0.1, -0.05) is 40.9 Å². The Hall–Kier alpha value is -0.380. The first-order valence-electron chi connectivity index (χ1n) is 6.90. The number of halogens is 1. The van der Waals surface area contributed by atoms with Crippen molar-refractivity contribution in [1.29, 1.82) is 0 Å². The number of fused-ring (bicyclic) bond motifs is 1. The third-order valence-corrected chi connectivity index (χ3v) is 5.15. The molecule has 1 aliphatic carbocycles. The highest BCUT2D eigenvalue weighted by Crippen LogP contribution is 2.45. The summed E-state index contributed by atoms with van der Waals surface area (Å²) >= 11 is 3.48. The van der Waals surface area contributed by atoms with Gasteiger partial charge in [0.05, 0.1) is 5.60 Å². The van der Waals surface area contributed by atoms with Gasteiger partial charge in [0.1, 0.15) is 0 Å². The van der Waals surface area contributed by atoms with Crippen molar-refractivity contribution in [1.82, 2.24) is 5.32 Å². The summed E-state index contributed by atoms with van der Waals surface area (Å²) in [6.45, 7) is 0.924. The number of piperidine rings is 1. The van der Waals surface area contributed by atoms with Crippen LogP contribution in [0.3, 0.4) is 0 Å². The van der Waals surface area contributed by atoms with E-state index in [0.717, 1.165) is 30.3 Å². The molecule has 98 valence electrons. The first-order chi connectivity index (χ1) is 8.69. The third kappa shape index (κ3) is 2.24. The molecular weight excluding hydrogens is 290 g/mol. The molecule has 1 aromatic carbocycles. The van der Waals surface area contributed by atoms with Crippen LogP contribution in [0.25, 0.3) is 0 Å². The molecule has 0 amide bonds. The number of hydrogen-bond acceptors (Lipinski definition) is 2. The van der Waals surface area contributed by atoms with Gasteiger partial charge in [-0.15, -0.1) is 0 Å². The zero-order valence-corrected chi connectivity index (χ0v) is 12.1. The molecule has 0 bridgehead atoms. The van der Waals surface area contributed by atoms with Gasteiger partial charge in [0.2, 0.25) is 0 Å². The van der Waals surface area contributed by atoms with Crippen LogP contribution in [0, 0.1) is 5.92 Å². The van der Waals surface area contributed by atoms with Crippen LogP contribution in [0.1, 0.15) is 43.7 Å². The maximum absolute atomic E-state index is 10.8. The molecule has 0 spiro atoms. The summed E-state index contributed by atoms with van der Waals surface area (Å²) in [6, 6.07) is 8.84. The molecule has 1 aliphatic heterocycles. The normalized spacial score (nSPS) is 36.1. The molecular formula is C15H20BrNO. The molecule has 2 N–H and O–H groups in total. The molecule has 3 rings (SSSR count). The molecule has 1 heterocycles. The van der Waals surface area contributed by atoms with Crippen LogP contribution in [0.5, 0.6) is 0 Å². The molecule has 0 radical (unpaired) electrons. The van der Waals surface area contributed by atoms with E-state index in [0.29, 0.717) is 12.0 Å². The minimum absolute atomic E-state index is 0.317. The van der Waals surface area contributed by atoms with E-state index in [9.17, 15) is 5.11 Å². The Labute approximate surface area is 117 Å². The highest BCUT2D eigenvalue weighted by molar-refractivity contribution is 9.10.